The van der Waals surface area contributed by atoms with Gasteiger partial charge in [0.2, 0.25) is 11.8 Å². The first-order valence-corrected chi connectivity index (χ1v) is 10.4. The Morgan fingerprint density at radius 2 is 1.79 bits per heavy atom. The quantitative estimate of drug-likeness (QED) is 0.679. The molecule has 33 heavy (non-hydrogen) atoms. The third-order valence-electron chi connectivity index (χ3n) is 5.20. The molecule has 0 aliphatic carbocycles. The maximum Gasteiger partial charge on any atom is 0.418 e. The molecule has 1 aliphatic rings. The summed E-state index contributed by atoms with van der Waals surface area (Å²) in [4.78, 5) is 40.4. The summed E-state index contributed by atoms with van der Waals surface area (Å²) in [5.41, 5.74) is -0.785. The van der Waals surface area contributed by atoms with Gasteiger partial charge in [-0.05, 0) is 38.1 Å². The van der Waals surface area contributed by atoms with Crippen LogP contribution in [0.5, 0.6) is 5.75 Å². The largest absolute Gasteiger partial charge is 0.479 e. The summed E-state index contributed by atoms with van der Waals surface area (Å²) in [6.45, 7) is 3.13. The second kappa shape index (κ2) is 9.93. The van der Waals surface area contributed by atoms with Crippen LogP contribution in [0.15, 0.2) is 48.5 Å². The molecule has 0 radical (unpaired) electrons. The molecule has 1 atom stereocenters. The normalized spacial score (nSPS) is 15.5. The van der Waals surface area contributed by atoms with E-state index in [4.69, 9.17) is 4.74 Å². The number of nitrogens with one attached hydrogen (secondary N) is 1. The highest BCUT2D eigenvalue weighted by Crippen LogP contribution is 2.35. The number of carbonyl (C=O) groups is 3. The number of anilines is 2. The van der Waals surface area contributed by atoms with Crippen molar-refractivity contribution in [1.82, 2.24) is 4.90 Å². The smallest absolute Gasteiger partial charge is 0.418 e. The molecule has 0 bridgehead atoms. The number of carbonyl (C=O) groups excluding carboxylic acids is 3. The molecule has 7 nitrogen and oxygen atoms in total. The van der Waals surface area contributed by atoms with Gasteiger partial charge < -0.3 is 19.9 Å². The first kappa shape index (κ1) is 24.1. The maximum atomic E-state index is 13.1. The molecule has 0 fully saturated rings. The fraction of sp³-hybridized carbons (Fsp3) is 0.348. The van der Waals surface area contributed by atoms with Gasteiger partial charge in [-0.3, -0.25) is 14.4 Å². The molecule has 10 heteroatoms. The Labute approximate surface area is 189 Å². The molecule has 0 aromatic heterocycles. The molecule has 1 N–H and O–H groups in total. The van der Waals surface area contributed by atoms with Crippen LogP contribution in [-0.2, 0) is 20.6 Å². The van der Waals surface area contributed by atoms with Crippen molar-refractivity contribution in [3.63, 3.8) is 0 Å². The van der Waals surface area contributed by atoms with Gasteiger partial charge in [0.25, 0.3) is 5.91 Å². The number of fused-ring (bicyclic) bond motifs is 1. The first-order valence-electron chi connectivity index (χ1n) is 10.4. The van der Waals surface area contributed by atoms with Gasteiger partial charge in [-0.2, -0.15) is 13.2 Å². The van der Waals surface area contributed by atoms with Gasteiger partial charge in [-0.15, -0.1) is 0 Å². The molecule has 1 heterocycles. The number of para-hydroxylation sites is 3. The highest BCUT2D eigenvalue weighted by Gasteiger charge is 2.34. The summed E-state index contributed by atoms with van der Waals surface area (Å²) >= 11 is 0. The van der Waals surface area contributed by atoms with Crippen molar-refractivity contribution >= 4 is 29.1 Å². The van der Waals surface area contributed by atoms with Crippen molar-refractivity contribution in [2.24, 2.45) is 0 Å². The average molecular weight is 463 g/mol. The van der Waals surface area contributed by atoms with Crippen LogP contribution in [-0.4, -0.2) is 48.4 Å². The Bertz CT molecular complexity index is 1040. The number of alkyl halides is 3. The molecule has 0 saturated carbocycles. The summed E-state index contributed by atoms with van der Waals surface area (Å²) < 4.78 is 45.0. The van der Waals surface area contributed by atoms with Crippen molar-refractivity contribution in [3.8, 4) is 5.75 Å². The van der Waals surface area contributed by atoms with E-state index in [-0.39, 0.29) is 31.1 Å². The Morgan fingerprint density at radius 1 is 1.12 bits per heavy atom. The average Bonchev–Trinajstić information content (AvgIpc) is 2.77. The predicted octanol–water partition coefficient (Wildman–Crippen LogP) is 3.70. The molecule has 0 saturated heterocycles. The Morgan fingerprint density at radius 3 is 2.48 bits per heavy atom. The van der Waals surface area contributed by atoms with Crippen LogP contribution in [0, 0.1) is 0 Å². The molecule has 3 amide bonds. The molecule has 1 aliphatic heterocycles. The van der Waals surface area contributed by atoms with Gasteiger partial charge in [0, 0.05) is 19.5 Å². The summed E-state index contributed by atoms with van der Waals surface area (Å²) in [5.74, 6) is -0.900. The number of amides is 3. The molecule has 2 aromatic rings. The Hall–Kier alpha value is -3.56. The number of hydrogen-bond acceptors (Lipinski definition) is 4. The second-order valence-corrected chi connectivity index (χ2v) is 7.47. The fourth-order valence-corrected chi connectivity index (χ4v) is 3.53. The van der Waals surface area contributed by atoms with Crippen LogP contribution in [0.25, 0.3) is 0 Å². The second-order valence-electron chi connectivity index (χ2n) is 7.47. The van der Waals surface area contributed by atoms with E-state index in [1.165, 1.54) is 21.9 Å². The summed E-state index contributed by atoms with van der Waals surface area (Å²) in [6, 6.07) is 11.6. The molecule has 0 unspecified atom stereocenters. The van der Waals surface area contributed by atoms with E-state index in [1.54, 1.807) is 38.1 Å². The molecular weight excluding hydrogens is 439 g/mol. The Balaban J connectivity index is 1.63. The van der Waals surface area contributed by atoms with Crippen LogP contribution >= 0.6 is 0 Å². The minimum atomic E-state index is -4.62. The number of nitrogens with zero attached hydrogens (tertiary/aromatic N) is 2. The number of halogens is 3. The molecule has 0 spiro atoms. The third-order valence-corrected chi connectivity index (χ3v) is 5.20. The van der Waals surface area contributed by atoms with Gasteiger partial charge in [-0.25, -0.2) is 0 Å². The van der Waals surface area contributed by atoms with Crippen molar-refractivity contribution in [2.45, 2.75) is 32.5 Å². The SMILES string of the molecule is CCN(CC(=O)Nc1ccccc1C(F)(F)F)C(=O)CCN1C(=O)[C@@H](C)Oc2ccccc21. The van der Waals surface area contributed by atoms with Gasteiger partial charge in [0.1, 0.15) is 5.75 Å². The van der Waals surface area contributed by atoms with Crippen molar-refractivity contribution < 1.29 is 32.3 Å². The lowest BCUT2D eigenvalue weighted by molar-refractivity contribution is -0.137. The number of benzene rings is 2. The summed E-state index contributed by atoms with van der Waals surface area (Å²) in [7, 11) is 0. The van der Waals surface area contributed by atoms with Gasteiger partial charge in [-0.1, -0.05) is 24.3 Å². The summed E-state index contributed by atoms with van der Waals surface area (Å²) in [6.07, 6.45) is -5.38. The molecular formula is C23H24F3N3O4. The number of ether oxygens (including phenoxy) is 1. The maximum absolute atomic E-state index is 13.1. The number of rotatable bonds is 7. The van der Waals surface area contributed by atoms with E-state index in [2.05, 4.69) is 5.32 Å². The number of hydrogen-bond donors (Lipinski definition) is 1. The minimum Gasteiger partial charge on any atom is -0.479 e. The molecule has 176 valence electrons. The van der Waals surface area contributed by atoms with Crippen LogP contribution in [0.2, 0.25) is 0 Å². The van der Waals surface area contributed by atoms with Gasteiger partial charge in [0.05, 0.1) is 23.5 Å². The highest BCUT2D eigenvalue weighted by molar-refractivity contribution is 6.00. The molecule has 3 rings (SSSR count). The zero-order chi connectivity index (χ0) is 24.2. The van der Waals surface area contributed by atoms with Crippen molar-refractivity contribution in [1.29, 1.82) is 0 Å². The molecule has 2 aromatic carbocycles. The van der Waals surface area contributed by atoms with E-state index in [0.717, 1.165) is 12.1 Å². The minimum absolute atomic E-state index is 0.0624. The number of likely N-dealkylation sites (N-methyl/N-ethyl adjacent to an activating group) is 1. The van der Waals surface area contributed by atoms with Crippen molar-refractivity contribution in [3.05, 3.63) is 54.1 Å². The highest BCUT2D eigenvalue weighted by atomic mass is 19.4. The lowest BCUT2D eigenvalue weighted by Crippen LogP contribution is -2.46. The lowest BCUT2D eigenvalue weighted by Gasteiger charge is -2.33. The first-order chi connectivity index (χ1) is 15.6. The van der Waals surface area contributed by atoms with E-state index in [1.807, 2.05) is 0 Å². The zero-order valence-electron chi connectivity index (χ0n) is 18.2. The van der Waals surface area contributed by atoms with E-state index < -0.39 is 36.2 Å². The van der Waals surface area contributed by atoms with Crippen LogP contribution in [0.4, 0.5) is 24.5 Å². The monoisotopic (exact) mass is 463 g/mol. The van der Waals surface area contributed by atoms with Crippen LogP contribution in [0.3, 0.4) is 0 Å². The third kappa shape index (κ3) is 5.63. The predicted molar refractivity (Wildman–Crippen MR) is 116 cm³/mol. The standard InChI is InChI=1S/C23H24F3N3O4/c1-3-28(14-20(30)27-17-9-5-4-8-16(17)23(24,25)26)21(31)12-13-29-18-10-6-7-11-19(18)33-15(2)22(29)32/h4-11,15H,3,12-14H2,1-2H3,(H,27,30)/t15-/m1/s1. The summed E-state index contributed by atoms with van der Waals surface area (Å²) in [5, 5.41) is 2.23. The van der Waals surface area contributed by atoms with Gasteiger partial charge in [0.15, 0.2) is 6.10 Å². The Kier molecular flexibility index (Phi) is 7.25. The van der Waals surface area contributed by atoms with Gasteiger partial charge >= 0.3 is 6.18 Å². The zero-order valence-corrected chi connectivity index (χ0v) is 18.2. The van der Waals surface area contributed by atoms with E-state index in [9.17, 15) is 27.6 Å². The fourth-order valence-electron chi connectivity index (χ4n) is 3.53. The van der Waals surface area contributed by atoms with Crippen LogP contribution in [0.1, 0.15) is 25.8 Å². The van der Waals surface area contributed by atoms with E-state index in [0.29, 0.717) is 11.4 Å². The lowest BCUT2D eigenvalue weighted by atomic mass is 10.1. The van der Waals surface area contributed by atoms with E-state index >= 15 is 0 Å². The topological polar surface area (TPSA) is 79.0 Å². The van der Waals surface area contributed by atoms with Crippen molar-refractivity contribution in [2.75, 3.05) is 29.9 Å². The van der Waals surface area contributed by atoms with Crippen LogP contribution < -0.4 is 15.0 Å².